The van der Waals surface area contributed by atoms with E-state index in [0.29, 0.717) is 5.41 Å². The van der Waals surface area contributed by atoms with Gasteiger partial charge in [0.1, 0.15) is 0 Å². The fourth-order valence-electron chi connectivity index (χ4n) is 2.17. The minimum atomic E-state index is 0.456. The molecule has 1 aromatic rings. The van der Waals surface area contributed by atoms with Crippen molar-refractivity contribution in [3.8, 4) is 0 Å². The molecule has 0 radical (unpaired) electrons. The lowest BCUT2D eigenvalue weighted by Crippen LogP contribution is -2.40. The second kappa shape index (κ2) is 3.54. The highest BCUT2D eigenvalue weighted by Crippen LogP contribution is 2.27. The van der Waals surface area contributed by atoms with Crippen molar-refractivity contribution in [1.29, 1.82) is 0 Å². The predicted octanol–water partition coefficient (Wildman–Crippen LogP) is 1.88. The molecule has 2 heteroatoms. The van der Waals surface area contributed by atoms with Crippen LogP contribution in [0.15, 0.2) is 24.5 Å². The first-order valence-corrected chi connectivity index (χ1v) is 5.10. The van der Waals surface area contributed by atoms with Crippen LogP contribution in [0.4, 0.5) is 0 Å². The van der Waals surface area contributed by atoms with Gasteiger partial charge >= 0.3 is 0 Å². The van der Waals surface area contributed by atoms with Gasteiger partial charge in [-0.15, -0.1) is 0 Å². The van der Waals surface area contributed by atoms with Crippen molar-refractivity contribution in [3.05, 3.63) is 24.5 Å². The quantitative estimate of drug-likeness (QED) is 0.731. The normalized spacial score (nSPS) is 29.0. The summed E-state index contributed by atoms with van der Waals surface area (Å²) < 4.78 is 2.28. The van der Waals surface area contributed by atoms with Crippen LogP contribution in [0.3, 0.4) is 0 Å². The van der Waals surface area contributed by atoms with Crippen molar-refractivity contribution < 1.29 is 0 Å². The molecule has 1 unspecified atom stereocenters. The van der Waals surface area contributed by atoms with Crippen molar-refractivity contribution >= 4 is 0 Å². The van der Waals surface area contributed by atoms with Gasteiger partial charge in [-0.1, -0.05) is 6.92 Å². The first-order valence-electron chi connectivity index (χ1n) is 5.10. The number of piperidine rings is 1. The zero-order chi connectivity index (χ0) is 9.15. The molecular formula is C11H18N2. The van der Waals surface area contributed by atoms with E-state index in [4.69, 9.17) is 0 Å². The minimum absolute atomic E-state index is 0.456. The molecule has 1 aliphatic rings. The summed E-state index contributed by atoms with van der Waals surface area (Å²) in [7, 11) is 0. The van der Waals surface area contributed by atoms with Crippen molar-refractivity contribution in [1.82, 2.24) is 9.88 Å². The molecule has 13 heavy (non-hydrogen) atoms. The van der Waals surface area contributed by atoms with Gasteiger partial charge in [-0.2, -0.15) is 0 Å². The van der Waals surface area contributed by atoms with Crippen LogP contribution in [0.5, 0.6) is 0 Å². The van der Waals surface area contributed by atoms with E-state index in [0.717, 1.165) is 13.1 Å². The van der Waals surface area contributed by atoms with E-state index in [2.05, 4.69) is 41.3 Å². The highest BCUT2D eigenvalue weighted by molar-refractivity contribution is 4.93. The highest BCUT2D eigenvalue weighted by Gasteiger charge is 2.26. The summed E-state index contributed by atoms with van der Waals surface area (Å²) in [6.07, 6.45) is 6.97. The summed E-state index contributed by atoms with van der Waals surface area (Å²) in [5.41, 5.74) is 0.456. The van der Waals surface area contributed by atoms with Crippen molar-refractivity contribution in [2.24, 2.45) is 5.41 Å². The highest BCUT2D eigenvalue weighted by atomic mass is 15.0. The van der Waals surface area contributed by atoms with Crippen LogP contribution in [0.25, 0.3) is 0 Å². The number of hydrogen-bond acceptors (Lipinski definition) is 1. The van der Waals surface area contributed by atoms with E-state index in [1.807, 2.05) is 0 Å². The average molecular weight is 178 g/mol. The molecule has 1 fully saturated rings. The molecule has 1 aliphatic heterocycles. The maximum atomic E-state index is 3.47. The molecule has 0 saturated carbocycles. The topological polar surface area (TPSA) is 17.0 Å². The molecule has 1 saturated heterocycles. The maximum absolute atomic E-state index is 3.47. The first-order chi connectivity index (χ1) is 6.29. The summed E-state index contributed by atoms with van der Waals surface area (Å²) in [6.45, 7) is 5.87. The Kier molecular flexibility index (Phi) is 2.40. The Morgan fingerprint density at radius 2 is 2.15 bits per heavy atom. The van der Waals surface area contributed by atoms with E-state index in [1.165, 1.54) is 19.4 Å². The molecule has 1 atom stereocenters. The van der Waals surface area contributed by atoms with Crippen LogP contribution < -0.4 is 5.32 Å². The molecule has 0 aromatic carbocycles. The van der Waals surface area contributed by atoms with E-state index in [-0.39, 0.29) is 0 Å². The maximum Gasteiger partial charge on any atom is 0.0285 e. The van der Waals surface area contributed by atoms with E-state index in [1.54, 1.807) is 0 Å². The SMILES string of the molecule is CC1(Cn2cccc2)CCCNC1. The van der Waals surface area contributed by atoms with Crippen molar-refractivity contribution in [2.45, 2.75) is 26.3 Å². The van der Waals surface area contributed by atoms with Gasteiger partial charge in [-0.05, 0) is 36.9 Å². The van der Waals surface area contributed by atoms with Gasteiger partial charge in [-0.3, -0.25) is 0 Å². The molecular weight excluding hydrogens is 160 g/mol. The molecule has 1 aromatic heterocycles. The van der Waals surface area contributed by atoms with Gasteiger partial charge in [0.25, 0.3) is 0 Å². The second-order valence-corrected chi connectivity index (χ2v) is 4.45. The fraction of sp³-hybridized carbons (Fsp3) is 0.636. The molecule has 1 N–H and O–H groups in total. The van der Waals surface area contributed by atoms with Crippen LogP contribution in [0.1, 0.15) is 19.8 Å². The van der Waals surface area contributed by atoms with Crippen LogP contribution in [0, 0.1) is 5.41 Å². The smallest absolute Gasteiger partial charge is 0.0285 e. The molecule has 2 nitrogen and oxygen atoms in total. The van der Waals surface area contributed by atoms with E-state index < -0.39 is 0 Å². The third kappa shape index (κ3) is 2.13. The van der Waals surface area contributed by atoms with Gasteiger partial charge in [-0.25, -0.2) is 0 Å². The summed E-state index contributed by atoms with van der Waals surface area (Å²) in [5.74, 6) is 0. The summed E-state index contributed by atoms with van der Waals surface area (Å²) in [4.78, 5) is 0. The zero-order valence-electron chi connectivity index (χ0n) is 8.29. The third-order valence-corrected chi connectivity index (χ3v) is 2.92. The molecule has 2 heterocycles. The number of nitrogens with zero attached hydrogens (tertiary/aromatic N) is 1. The Morgan fingerprint density at radius 1 is 1.38 bits per heavy atom. The molecule has 2 rings (SSSR count). The first kappa shape index (κ1) is 8.82. The van der Waals surface area contributed by atoms with Crippen LogP contribution >= 0.6 is 0 Å². The van der Waals surface area contributed by atoms with Gasteiger partial charge in [0, 0.05) is 25.5 Å². The minimum Gasteiger partial charge on any atom is -0.354 e. The second-order valence-electron chi connectivity index (χ2n) is 4.45. The molecule has 72 valence electrons. The largest absolute Gasteiger partial charge is 0.354 e. The standard InChI is InChI=1S/C11H18N2/c1-11(5-4-6-12-9-11)10-13-7-2-3-8-13/h2-3,7-8,12H,4-6,9-10H2,1H3. The Hall–Kier alpha value is -0.760. The lowest BCUT2D eigenvalue weighted by molar-refractivity contribution is 0.202. The summed E-state index contributed by atoms with van der Waals surface area (Å²) in [6, 6.07) is 4.19. The Morgan fingerprint density at radius 3 is 2.77 bits per heavy atom. The Balaban J connectivity index is 1.99. The van der Waals surface area contributed by atoms with Crippen LogP contribution in [-0.2, 0) is 6.54 Å². The molecule has 0 spiro atoms. The van der Waals surface area contributed by atoms with Gasteiger partial charge in [0.15, 0.2) is 0 Å². The lowest BCUT2D eigenvalue weighted by atomic mass is 9.83. The van der Waals surface area contributed by atoms with Gasteiger partial charge < -0.3 is 9.88 Å². The summed E-state index contributed by atoms with van der Waals surface area (Å²) >= 11 is 0. The Labute approximate surface area is 79.9 Å². The number of rotatable bonds is 2. The van der Waals surface area contributed by atoms with Gasteiger partial charge in [0.2, 0.25) is 0 Å². The third-order valence-electron chi connectivity index (χ3n) is 2.92. The van der Waals surface area contributed by atoms with Crippen molar-refractivity contribution in [3.63, 3.8) is 0 Å². The van der Waals surface area contributed by atoms with E-state index in [9.17, 15) is 0 Å². The lowest BCUT2D eigenvalue weighted by Gasteiger charge is -2.34. The number of nitrogens with one attached hydrogen (secondary N) is 1. The monoisotopic (exact) mass is 178 g/mol. The number of aromatic nitrogens is 1. The van der Waals surface area contributed by atoms with E-state index >= 15 is 0 Å². The fourth-order valence-corrected chi connectivity index (χ4v) is 2.17. The van der Waals surface area contributed by atoms with Gasteiger partial charge in [0.05, 0.1) is 0 Å². The average Bonchev–Trinajstić information content (AvgIpc) is 2.57. The van der Waals surface area contributed by atoms with Crippen LogP contribution in [0.2, 0.25) is 0 Å². The molecule has 0 bridgehead atoms. The Bertz CT molecular complexity index is 245. The predicted molar refractivity (Wildman–Crippen MR) is 54.6 cm³/mol. The van der Waals surface area contributed by atoms with Crippen LogP contribution in [-0.4, -0.2) is 17.7 Å². The molecule has 0 amide bonds. The zero-order valence-corrected chi connectivity index (χ0v) is 8.29. The molecule has 0 aliphatic carbocycles. The van der Waals surface area contributed by atoms with Crippen molar-refractivity contribution in [2.75, 3.05) is 13.1 Å². The number of hydrogen-bond donors (Lipinski definition) is 1. The summed E-state index contributed by atoms with van der Waals surface area (Å²) in [5, 5.41) is 3.47.